The number of rotatable bonds is 3. The van der Waals surface area contributed by atoms with E-state index in [2.05, 4.69) is 10.3 Å². The Morgan fingerprint density at radius 1 is 1.59 bits per heavy atom. The minimum Gasteiger partial charge on any atom is -0.384 e. The lowest BCUT2D eigenvalue weighted by atomic mass is 10.2. The first kappa shape index (κ1) is 11.9. The van der Waals surface area contributed by atoms with Crippen LogP contribution in [0.2, 0.25) is 0 Å². The minimum absolute atomic E-state index is 0.0964. The quantitative estimate of drug-likeness (QED) is 0.818. The van der Waals surface area contributed by atoms with Crippen LogP contribution in [-0.2, 0) is 4.74 Å². The lowest BCUT2D eigenvalue weighted by Crippen LogP contribution is -2.33. The summed E-state index contributed by atoms with van der Waals surface area (Å²) >= 11 is 0. The van der Waals surface area contributed by atoms with Crippen LogP contribution in [0.25, 0.3) is 0 Å². The summed E-state index contributed by atoms with van der Waals surface area (Å²) in [5.41, 5.74) is 6.09. The maximum absolute atomic E-state index is 11.9. The number of aromatic nitrogens is 1. The Balaban J connectivity index is 1.94. The standard InChI is InChI=1S/C12H17N3O2/c1-17-10-3-2-9(7-10)15-12(16)8-4-5-14-11(13)6-8/h4-6,9-10H,2-3,7H2,1H3,(H2,13,14)(H,15,16). The summed E-state index contributed by atoms with van der Waals surface area (Å²) in [4.78, 5) is 15.8. The monoisotopic (exact) mass is 235 g/mol. The van der Waals surface area contributed by atoms with Gasteiger partial charge in [0, 0.05) is 24.9 Å². The number of ether oxygens (including phenoxy) is 1. The van der Waals surface area contributed by atoms with Crippen LogP contribution in [0.3, 0.4) is 0 Å². The van der Waals surface area contributed by atoms with Gasteiger partial charge in [-0.25, -0.2) is 4.98 Å². The number of hydrogen-bond donors (Lipinski definition) is 2. The maximum atomic E-state index is 11.9. The second-order valence-corrected chi connectivity index (χ2v) is 4.31. The molecule has 2 rings (SSSR count). The highest BCUT2D eigenvalue weighted by Crippen LogP contribution is 2.21. The van der Waals surface area contributed by atoms with Gasteiger partial charge in [-0.15, -0.1) is 0 Å². The van der Waals surface area contributed by atoms with Gasteiger partial charge < -0.3 is 15.8 Å². The number of methoxy groups -OCH3 is 1. The SMILES string of the molecule is COC1CCC(NC(=O)c2ccnc(N)c2)C1. The number of amides is 1. The molecule has 1 aromatic rings. The topological polar surface area (TPSA) is 77.2 Å². The number of hydrogen-bond acceptors (Lipinski definition) is 4. The Hall–Kier alpha value is -1.62. The number of nitrogens with zero attached hydrogens (tertiary/aromatic N) is 1. The van der Waals surface area contributed by atoms with Crippen LogP contribution in [0.4, 0.5) is 5.82 Å². The fraction of sp³-hybridized carbons (Fsp3) is 0.500. The van der Waals surface area contributed by atoms with Crippen LogP contribution in [0, 0.1) is 0 Å². The zero-order chi connectivity index (χ0) is 12.3. The van der Waals surface area contributed by atoms with Crippen molar-refractivity contribution in [3.8, 4) is 0 Å². The second kappa shape index (κ2) is 5.14. The summed E-state index contributed by atoms with van der Waals surface area (Å²) in [6.07, 6.45) is 4.65. The smallest absolute Gasteiger partial charge is 0.251 e. The third kappa shape index (κ3) is 2.94. The van der Waals surface area contributed by atoms with Gasteiger partial charge in [0.25, 0.3) is 5.91 Å². The van der Waals surface area contributed by atoms with Crippen molar-refractivity contribution in [2.75, 3.05) is 12.8 Å². The number of nitrogen functional groups attached to an aromatic ring is 1. The summed E-state index contributed by atoms with van der Waals surface area (Å²) < 4.78 is 5.27. The van der Waals surface area contributed by atoms with Crippen LogP contribution in [0.15, 0.2) is 18.3 Å². The molecule has 5 heteroatoms. The predicted molar refractivity (Wildman–Crippen MR) is 64.6 cm³/mol. The Morgan fingerprint density at radius 3 is 3.06 bits per heavy atom. The van der Waals surface area contributed by atoms with Gasteiger partial charge >= 0.3 is 0 Å². The van der Waals surface area contributed by atoms with Crippen molar-refractivity contribution in [3.05, 3.63) is 23.9 Å². The first-order valence-electron chi connectivity index (χ1n) is 5.74. The predicted octanol–water partition coefficient (Wildman–Crippen LogP) is 0.961. The molecule has 1 heterocycles. The molecule has 2 unspecified atom stereocenters. The van der Waals surface area contributed by atoms with Crippen molar-refractivity contribution < 1.29 is 9.53 Å². The van der Waals surface area contributed by atoms with E-state index in [0.717, 1.165) is 19.3 Å². The first-order chi connectivity index (χ1) is 8.19. The van der Waals surface area contributed by atoms with E-state index in [1.54, 1.807) is 19.2 Å². The van der Waals surface area contributed by atoms with Gasteiger partial charge in [-0.1, -0.05) is 0 Å². The molecule has 1 aromatic heterocycles. The minimum atomic E-state index is -0.0964. The highest BCUT2D eigenvalue weighted by atomic mass is 16.5. The van der Waals surface area contributed by atoms with Gasteiger partial charge in [0.1, 0.15) is 5.82 Å². The lowest BCUT2D eigenvalue weighted by Gasteiger charge is -2.12. The summed E-state index contributed by atoms with van der Waals surface area (Å²) in [6.45, 7) is 0. The number of nitrogens with two attached hydrogens (primary N) is 1. The highest BCUT2D eigenvalue weighted by Gasteiger charge is 2.25. The van der Waals surface area contributed by atoms with Crippen LogP contribution >= 0.6 is 0 Å². The molecule has 0 aliphatic heterocycles. The Labute approximate surface area is 100 Å². The van der Waals surface area contributed by atoms with Crippen LogP contribution in [0.5, 0.6) is 0 Å². The second-order valence-electron chi connectivity index (χ2n) is 4.31. The van der Waals surface area contributed by atoms with E-state index in [1.165, 1.54) is 6.20 Å². The molecule has 3 N–H and O–H groups in total. The Bertz CT molecular complexity index is 408. The highest BCUT2D eigenvalue weighted by molar-refractivity contribution is 5.94. The van der Waals surface area contributed by atoms with Crippen LogP contribution in [0.1, 0.15) is 29.6 Å². The fourth-order valence-corrected chi connectivity index (χ4v) is 2.14. The molecule has 1 amide bonds. The third-order valence-electron chi connectivity index (χ3n) is 3.10. The Kier molecular flexibility index (Phi) is 3.58. The number of carbonyl (C=O) groups is 1. The van der Waals surface area contributed by atoms with Crippen molar-refractivity contribution in [2.24, 2.45) is 0 Å². The molecule has 1 aliphatic carbocycles. The van der Waals surface area contributed by atoms with E-state index in [-0.39, 0.29) is 18.1 Å². The van der Waals surface area contributed by atoms with Crippen molar-refractivity contribution in [3.63, 3.8) is 0 Å². The summed E-state index contributed by atoms with van der Waals surface area (Å²) in [5.74, 6) is 0.264. The Morgan fingerprint density at radius 2 is 2.41 bits per heavy atom. The largest absolute Gasteiger partial charge is 0.384 e. The van der Waals surface area contributed by atoms with Gasteiger partial charge in [0.15, 0.2) is 0 Å². The number of anilines is 1. The summed E-state index contributed by atoms with van der Waals surface area (Å²) in [5, 5.41) is 2.98. The molecule has 0 spiro atoms. The van der Waals surface area contributed by atoms with E-state index in [9.17, 15) is 4.79 Å². The van der Waals surface area contributed by atoms with Gasteiger partial charge in [-0.3, -0.25) is 4.79 Å². The van der Waals surface area contributed by atoms with E-state index in [0.29, 0.717) is 11.4 Å². The molecule has 1 saturated carbocycles. The zero-order valence-electron chi connectivity index (χ0n) is 9.85. The average molecular weight is 235 g/mol. The molecule has 0 aromatic carbocycles. The zero-order valence-corrected chi connectivity index (χ0v) is 9.85. The van der Waals surface area contributed by atoms with Crippen molar-refractivity contribution in [2.45, 2.75) is 31.4 Å². The van der Waals surface area contributed by atoms with Gasteiger partial charge in [-0.05, 0) is 31.4 Å². The fourth-order valence-electron chi connectivity index (χ4n) is 2.14. The summed E-state index contributed by atoms with van der Waals surface area (Å²) in [7, 11) is 1.71. The molecule has 1 aliphatic rings. The van der Waals surface area contributed by atoms with E-state index in [1.807, 2.05) is 0 Å². The molecule has 0 bridgehead atoms. The molecular weight excluding hydrogens is 218 g/mol. The van der Waals surface area contributed by atoms with Gasteiger partial charge in [-0.2, -0.15) is 0 Å². The number of carbonyl (C=O) groups excluding carboxylic acids is 1. The van der Waals surface area contributed by atoms with E-state index < -0.39 is 0 Å². The molecule has 2 atom stereocenters. The van der Waals surface area contributed by atoms with Crippen molar-refractivity contribution in [1.29, 1.82) is 0 Å². The lowest BCUT2D eigenvalue weighted by molar-refractivity contribution is 0.0915. The molecule has 92 valence electrons. The van der Waals surface area contributed by atoms with E-state index in [4.69, 9.17) is 10.5 Å². The molecule has 1 fully saturated rings. The van der Waals surface area contributed by atoms with Gasteiger partial charge in [0.2, 0.25) is 0 Å². The molecule has 0 radical (unpaired) electrons. The molecular formula is C12H17N3O2. The van der Waals surface area contributed by atoms with E-state index >= 15 is 0 Å². The maximum Gasteiger partial charge on any atom is 0.251 e. The van der Waals surface area contributed by atoms with Crippen molar-refractivity contribution in [1.82, 2.24) is 10.3 Å². The van der Waals surface area contributed by atoms with Crippen molar-refractivity contribution >= 4 is 11.7 Å². The average Bonchev–Trinajstić information content (AvgIpc) is 2.77. The number of nitrogens with one attached hydrogen (secondary N) is 1. The first-order valence-corrected chi connectivity index (χ1v) is 5.74. The number of pyridine rings is 1. The molecule has 17 heavy (non-hydrogen) atoms. The summed E-state index contributed by atoms with van der Waals surface area (Å²) in [6, 6.07) is 3.44. The van der Waals surface area contributed by atoms with Gasteiger partial charge in [0.05, 0.1) is 6.10 Å². The van der Waals surface area contributed by atoms with Crippen LogP contribution in [-0.4, -0.2) is 30.1 Å². The molecule has 5 nitrogen and oxygen atoms in total. The molecule has 0 saturated heterocycles. The third-order valence-corrected chi connectivity index (χ3v) is 3.10. The normalized spacial score (nSPS) is 23.6. The van der Waals surface area contributed by atoms with Crippen LogP contribution < -0.4 is 11.1 Å².